The number of likely N-dealkylation sites (tertiary alicyclic amines) is 1. The highest BCUT2D eigenvalue weighted by Gasteiger charge is 2.68. The number of nitrogens with two attached hydrogens (primary N) is 1. The molecule has 2 aliphatic rings. The van der Waals surface area contributed by atoms with Gasteiger partial charge < -0.3 is 20.3 Å². The molecule has 2 saturated heterocycles. The van der Waals surface area contributed by atoms with E-state index in [0.29, 0.717) is 10.6 Å². The number of imide groups is 1. The van der Waals surface area contributed by atoms with Gasteiger partial charge >= 0.3 is 0 Å². The highest BCUT2D eigenvalue weighted by Crippen LogP contribution is 2.46. The van der Waals surface area contributed by atoms with Crippen molar-refractivity contribution in [3.05, 3.63) is 64.7 Å². The number of aliphatic carboxylic acids is 1. The Morgan fingerprint density at radius 2 is 1.90 bits per heavy atom. The van der Waals surface area contributed by atoms with Crippen molar-refractivity contribution in [2.24, 2.45) is 11.8 Å². The van der Waals surface area contributed by atoms with E-state index in [1.54, 1.807) is 24.3 Å². The zero-order valence-electron chi connectivity index (χ0n) is 15.5. The van der Waals surface area contributed by atoms with E-state index in [-0.39, 0.29) is 12.3 Å². The van der Waals surface area contributed by atoms with E-state index in [4.69, 9.17) is 11.6 Å². The fourth-order valence-electron chi connectivity index (χ4n) is 4.52. The summed E-state index contributed by atoms with van der Waals surface area (Å²) in [5, 5.41) is 24.1. The molecule has 29 heavy (non-hydrogen) atoms. The topological polar surface area (TPSA) is 114 Å². The number of phenols is 1. The van der Waals surface area contributed by atoms with Gasteiger partial charge in [-0.15, -0.1) is 0 Å². The molecule has 2 fully saturated rings. The summed E-state index contributed by atoms with van der Waals surface area (Å²) in [7, 11) is 0. The van der Waals surface area contributed by atoms with Crippen molar-refractivity contribution in [3.63, 3.8) is 0 Å². The molecule has 3 N–H and O–H groups in total. The van der Waals surface area contributed by atoms with Crippen LogP contribution in [0.3, 0.4) is 0 Å². The second kappa shape index (κ2) is 6.86. The average Bonchev–Trinajstić information content (AvgIpc) is 3.14. The summed E-state index contributed by atoms with van der Waals surface area (Å²) >= 11 is 6.06. The monoisotopic (exact) mass is 414 g/mol. The van der Waals surface area contributed by atoms with Crippen LogP contribution in [0.2, 0.25) is 5.02 Å². The summed E-state index contributed by atoms with van der Waals surface area (Å²) in [6.45, 7) is 1.45. The van der Waals surface area contributed by atoms with E-state index in [1.807, 2.05) is 6.07 Å². The molecule has 4 rings (SSSR count). The lowest BCUT2D eigenvalue weighted by Crippen LogP contribution is -2.98. The summed E-state index contributed by atoms with van der Waals surface area (Å²) < 4.78 is 0. The van der Waals surface area contributed by atoms with E-state index in [9.17, 15) is 24.6 Å². The van der Waals surface area contributed by atoms with E-state index < -0.39 is 41.2 Å². The lowest BCUT2D eigenvalue weighted by molar-refractivity contribution is -0.735. The van der Waals surface area contributed by atoms with Crippen LogP contribution in [0.1, 0.15) is 24.1 Å². The minimum atomic E-state index is -1.65. The number of phenolic OH excluding ortho intramolecular Hbond substituents is 1. The predicted octanol–water partition coefficient (Wildman–Crippen LogP) is -0.0263. The van der Waals surface area contributed by atoms with Gasteiger partial charge in [-0.3, -0.25) is 14.5 Å². The molecule has 0 aromatic heterocycles. The van der Waals surface area contributed by atoms with E-state index in [1.165, 1.54) is 30.4 Å². The second-order valence-electron chi connectivity index (χ2n) is 7.72. The number of carboxylic acids is 1. The van der Waals surface area contributed by atoms with Gasteiger partial charge in [0.2, 0.25) is 11.8 Å². The first-order valence-corrected chi connectivity index (χ1v) is 9.57. The van der Waals surface area contributed by atoms with E-state index in [2.05, 4.69) is 0 Å². The van der Waals surface area contributed by atoms with Gasteiger partial charge in [-0.25, -0.2) is 0 Å². The largest absolute Gasteiger partial charge is 0.544 e. The second-order valence-corrected chi connectivity index (χ2v) is 8.15. The van der Waals surface area contributed by atoms with Crippen LogP contribution in [0.25, 0.3) is 0 Å². The standard InChI is InChI=1S/C21H19ClN2O5/c1-21(20(28)29)16-15(17(23-21)13-9-12(22)7-8-14(13)25)18(26)24(19(16)27)10-11-5-3-2-4-6-11/h2-9,15-17,23,25H,10H2,1H3,(H,28,29)/t15-,16+,17-,21+/m0/s1. The Hall–Kier alpha value is -2.90. The number of halogens is 1. The molecule has 2 aromatic rings. The SMILES string of the molecule is C[C@@]1(C(=O)[O-])[NH2+][C@@H](c2cc(Cl)ccc2O)[C@H]2C(=O)N(Cc3ccccc3)C(=O)[C@@H]21. The molecule has 2 aromatic carbocycles. The van der Waals surface area contributed by atoms with Crippen molar-refractivity contribution < 1.29 is 29.9 Å². The molecule has 0 radical (unpaired) electrons. The number of quaternary nitrogens is 1. The molecule has 2 heterocycles. The summed E-state index contributed by atoms with van der Waals surface area (Å²) in [5.74, 6) is -4.60. The van der Waals surface area contributed by atoms with Gasteiger partial charge in [-0.1, -0.05) is 41.9 Å². The third-order valence-corrected chi connectivity index (χ3v) is 6.21. The number of carbonyl (C=O) groups is 3. The van der Waals surface area contributed by atoms with Crippen molar-refractivity contribution in [3.8, 4) is 5.75 Å². The number of benzene rings is 2. The number of hydrogen-bond donors (Lipinski definition) is 2. The molecule has 7 nitrogen and oxygen atoms in total. The Kier molecular flexibility index (Phi) is 4.59. The van der Waals surface area contributed by atoms with Gasteiger partial charge in [0.15, 0.2) is 0 Å². The summed E-state index contributed by atoms with van der Waals surface area (Å²) in [6.07, 6.45) is 0. The highest BCUT2D eigenvalue weighted by molar-refractivity contribution is 6.30. The number of amides is 2. The lowest BCUT2D eigenvalue weighted by Gasteiger charge is -2.29. The summed E-state index contributed by atoms with van der Waals surface area (Å²) in [4.78, 5) is 39.5. The minimum absolute atomic E-state index is 0.0584. The predicted molar refractivity (Wildman–Crippen MR) is 100 cm³/mol. The van der Waals surface area contributed by atoms with Crippen LogP contribution < -0.4 is 10.4 Å². The zero-order valence-corrected chi connectivity index (χ0v) is 16.3. The highest BCUT2D eigenvalue weighted by atomic mass is 35.5. The smallest absolute Gasteiger partial charge is 0.240 e. The molecule has 0 unspecified atom stereocenters. The zero-order chi connectivity index (χ0) is 20.9. The molecular formula is C21H19ClN2O5. The number of aromatic hydroxyl groups is 1. The molecule has 8 heteroatoms. The molecule has 2 amide bonds. The van der Waals surface area contributed by atoms with Crippen molar-refractivity contribution >= 4 is 29.4 Å². The summed E-state index contributed by atoms with van der Waals surface area (Å²) in [6, 6.07) is 12.6. The van der Waals surface area contributed by atoms with Gasteiger partial charge in [-0.05, 0) is 30.7 Å². The van der Waals surface area contributed by atoms with Crippen molar-refractivity contribution in [2.45, 2.75) is 25.0 Å². The lowest BCUT2D eigenvalue weighted by atomic mass is 9.80. The molecular weight excluding hydrogens is 396 g/mol. The van der Waals surface area contributed by atoms with Crippen LogP contribution in [0, 0.1) is 11.8 Å². The first-order chi connectivity index (χ1) is 13.7. The molecule has 150 valence electrons. The number of carbonyl (C=O) groups excluding carboxylic acids is 3. The Balaban J connectivity index is 1.78. The fraction of sp³-hybridized carbons (Fsp3) is 0.286. The van der Waals surface area contributed by atoms with Gasteiger partial charge in [-0.2, -0.15) is 0 Å². The van der Waals surface area contributed by atoms with Crippen molar-refractivity contribution in [1.82, 2.24) is 4.90 Å². The molecule has 4 atom stereocenters. The number of nitrogens with zero attached hydrogens (tertiary/aromatic N) is 1. The van der Waals surface area contributed by atoms with Crippen LogP contribution in [0.15, 0.2) is 48.5 Å². The Labute approximate surface area is 171 Å². The van der Waals surface area contributed by atoms with Crippen LogP contribution in [0.4, 0.5) is 0 Å². The molecule has 0 bridgehead atoms. The normalized spacial score (nSPS) is 28.6. The van der Waals surface area contributed by atoms with Crippen LogP contribution in [-0.4, -0.2) is 33.3 Å². The first kappa shape index (κ1) is 19.4. The Morgan fingerprint density at radius 3 is 2.55 bits per heavy atom. The van der Waals surface area contributed by atoms with Crippen LogP contribution >= 0.6 is 11.6 Å². The van der Waals surface area contributed by atoms with Crippen molar-refractivity contribution in [2.75, 3.05) is 0 Å². The van der Waals surface area contributed by atoms with Crippen LogP contribution in [-0.2, 0) is 20.9 Å². The molecule has 2 aliphatic heterocycles. The number of fused-ring (bicyclic) bond motifs is 1. The maximum Gasteiger partial charge on any atom is 0.240 e. The third kappa shape index (κ3) is 2.97. The molecule has 0 saturated carbocycles. The minimum Gasteiger partial charge on any atom is -0.544 e. The third-order valence-electron chi connectivity index (χ3n) is 5.97. The van der Waals surface area contributed by atoms with Gasteiger partial charge in [0.25, 0.3) is 0 Å². The molecule has 0 aliphatic carbocycles. The number of hydrogen-bond acceptors (Lipinski definition) is 5. The molecule has 0 spiro atoms. The maximum atomic E-state index is 13.2. The van der Waals surface area contributed by atoms with Crippen molar-refractivity contribution in [1.29, 1.82) is 0 Å². The average molecular weight is 415 g/mol. The quantitative estimate of drug-likeness (QED) is 0.682. The first-order valence-electron chi connectivity index (χ1n) is 9.19. The van der Waals surface area contributed by atoms with E-state index in [0.717, 1.165) is 10.5 Å². The number of carboxylic acid groups (broad SMARTS) is 1. The summed E-state index contributed by atoms with van der Waals surface area (Å²) in [5.41, 5.74) is -0.571. The number of rotatable bonds is 4. The van der Waals surface area contributed by atoms with Gasteiger partial charge in [0.1, 0.15) is 35.1 Å². The maximum absolute atomic E-state index is 13.2. The Bertz CT molecular complexity index is 1010. The van der Waals surface area contributed by atoms with Crippen LogP contribution in [0.5, 0.6) is 5.75 Å². The fourth-order valence-corrected chi connectivity index (χ4v) is 4.70. The van der Waals surface area contributed by atoms with Gasteiger partial charge in [0, 0.05) is 5.02 Å². The van der Waals surface area contributed by atoms with E-state index >= 15 is 0 Å². The van der Waals surface area contributed by atoms with Gasteiger partial charge in [0.05, 0.1) is 12.1 Å². The Morgan fingerprint density at radius 1 is 1.21 bits per heavy atom.